The Morgan fingerprint density at radius 1 is 1.27 bits per heavy atom. The van der Waals surface area contributed by atoms with Crippen molar-refractivity contribution in [2.24, 2.45) is 5.73 Å². The molecule has 0 spiro atoms. The number of esters is 1. The molecule has 0 aromatic heterocycles. The number of hydrogen-bond donors (Lipinski definition) is 2. The zero-order valence-corrected chi connectivity index (χ0v) is 12.1. The molecule has 120 valence electrons. The maximum Gasteiger partial charge on any atom is 0.340 e. The van der Waals surface area contributed by atoms with E-state index in [1.807, 2.05) is 0 Å². The average Bonchev–Trinajstić information content (AvgIpc) is 2.44. The second-order valence-corrected chi connectivity index (χ2v) is 4.15. The maximum absolute atomic E-state index is 14.5. The quantitative estimate of drug-likeness (QED) is 0.732. The van der Waals surface area contributed by atoms with Gasteiger partial charge in [0.2, 0.25) is 0 Å². The van der Waals surface area contributed by atoms with E-state index >= 15 is 0 Å². The smallest absolute Gasteiger partial charge is 0.340 e. The van der Waals surface area contributed by atoms with Crippen molar-refractivity contribution in [2.75, 3.05) is 13.2 Å². The summed E-state index contributed by atoms with van der Waals surface area (Å²) in [6, 6.07) is 2.05. The molecule has 1 unspecified atom stereocenters. The van der Waals surface area contributed by atoms with Gasteiger partial charge in [-0.1, -0.05) is 6.07 Å². The zero-order valence-electron chi connectivity index (χ0n) is 12.1. The summed E-state index contributed by atoms with van der Waals surface area (Å²) in [4.78, 5) is 34.2. The number of carboxylic acid groups (broad SMARTS) is 1. The summed E-state index contributed by atoms with van der Waals surface area (Å²) < 4.78 is 24.4. The zero-order chi connectivity index (χ0) is 16.9. The van der Waals surface area contributed by atoms with Crippen molar-refractivity contribution < 1.29 is 33.4 Å². The topological polar surface area (TPSA) is 116 Å². The van der Waals surface area contributed by atoms with Crippen LogP contribution in [0.5, 0.6) is 0 Å². The molecule has 7 nitrogen and oxygen atoms in total. The van der Waals surface area contributed by atoms with E-state index in [0.29, 0.717) is 0 Å². The molecule has 1 amide bonds. The number of nitrogens with two attached hydrogens (primary N) is 1. The fourth-order valence-corrected chi connectivity index (χ4v) is 1.88. The van der Waals surface area contributed by atoms with Crippen LogP contribution in [0.3, 0.4) is 0 Å². The van der Waals surface area contributed by atoms with Crippen LogP contribution in [0.2, 0.25) is 0 Å². The molecule has 1 rings (SSSR count). The molecule has 0 radical (unpaired) electrons. The van der Waals surface area contributed by atoms with Crippen LogP contribution in [0, 0.1) is 5.82 Å². The number of hydrogen-bond acceptors (Lipinski definition) is 5. The summed E-state index contributed by atoms with van der Waals surface area (Å²) in [5.41, 5.74) is 3.33. The van der Waals surface area contributed by atoms with Crippen LogP contribution in [0.1, 0.15) is 46.2 Å². The van der Waals surface area contributed by atoms with E-state index in [9.17, 15) is 18.8 Å². The Balaban J connectivity index is 3.45. The first-order valence-electron chi connectivity index (χ1n) is 6.48. The average molecular weight is 313 g/mol. The molecule has 0 aliphatic rings. The van der Waals surface area contributed by atoms with Crippen LogP contribution in [0.15, 0.2) is 12.1 Å². The second kappa shape index (κ2) is 7.51. The van der Waals surface area contributed by atoms with Crippen molar-refractivity contribution in [3.8, 4) is 0 Å². The van der Waals surface area contributed by atoms with E-state index < -0.39 is 40.9 Å². The lowest BCUT2D eigenvalue weighted by molar-refractivity contribution is -0.157. The van der Waals surface area contributed by atoms with Gasteiger partial charge in [-0.2, -0.15) is 0 Å². The standard InChI is InChI=1S/C14H16FNO6/c1-3-21-11(14(20)22-4-2)8-6-5-7(13(18)19)9(10(8)15)12(16)17/h5-6,11H,3-4H2,1-2H3,(H2,16,17)(H,18,19). The van der Waals surface area contributed by atoms with E-state index in [0.717, 1.165) is 12.1 Å². The van der Waals surface area contributed by atoms with Crippen LogP contribution in [-0.4, -0.2) is 36.2 Å². The molecular weight excluding hydrogens is 297 g/mol. The molecule has 0 aliphatic carbocycles. The molecule has 22 heavy (non-hydrogen) atoms. The Hall–Kier alpha value is -2.48. The lowest BCUT2D eigenvalue weighted by Gasteiger charge is -2.18. The summed E-state index contributed by atoms with van der Waals surface area (Å²) in [7, 11) is 0. The van der Waals surface area contributed by atoms with Crippen molar-refractivity contribution in [3.05, 3.63) is 34.6 Å². The van der Waals surface area contributed by atoms with E-state index in [1.54, 1.807) is 13.8 Å². The number of ether oxygens (including phenoxy) is 2. The molecule has 1 atom stereocenters. The minimum atomic E-state index is -1.51. The monoisotopic (exact) mass is 313 g/mol. The van der Waals surface area contributed by atoms with Gasteiger partial charge in [-0.05, 0) is 19.9 Å². The first kappa shape index (κ1) is 17.6. The van der Waals surface area contributed by atoms with Gasteiger partial charge in [0.1, 0.15) is 5.82 Å². The Morgan fingerprint density at radius 2 is 1.91 bits per heavy atom. The molecule has 0 bridgehead atoms. The Labute approximate surface area is 125 Å². The number of carbonyl (C=O) groups is 3. The second-order valence-electron chi connectivity index (χ2n) is 4.15. The van der Waals surface area contributed by atoms with Crippen LogP contribution in [0.25, 0.3) is 0 Å². The number of aromatic carboxylic acids is 1. The molecule has 0 aliphatic heterocycles. The Bertz CT molecular complexity index is 601. The minimum Gasteiger partial charge on any atom is -0.478 e. The first-order valence-corrected chi connectivity index (χ1v) is 6.48. The normalized spacial score (nSPS) is 11.8. The summed E-state index contributed by atoms with van der Waals surface area (Å²) >= 11 is 0. The van der Waals surface area contributed by atoms with Crippen molar-refractivity contribution in [3.63, 3.8) is 0 Å². The number of halogens is 1. The molecular formula is C14H16FNO6. The lowest BCUT2D eigenvalue weighted by atomic mass is 9.99. The van der Waals surface area contributed by atoms with Crippen molar-refractivity contribution >= 4 is 17.8 Å². The predicted octanol–water partition coefficient (Wildman–Crippen LogP) is 1.26. The number of rotatable bonds is 7. The highest BCUT2D eigenvalue weighted by Gasteiger charge is 2.30. The number of carbonyl (C=O) groups excluding carboxylic acids is 2. The number of amides is 1. The van der Waals surface area contributed by atoms with E-state index in [4.69, 9.17) is 20.3 Å². The predicted molar refractivity (Wildman–Crippen MR) is 72.9 cm³/mol. The summed E-state index contributed by atoms with van der Waals surface area (Å²) in [5.74, 6) is -4.82. The lowest BCUT2D eigenvalue weighted by Crippen LogP contribution is -2.24. The molecule has 0 saturated heterocycles. The molecule has 3 N–H and O–H groups in total. The third-order valence-corrected chi connectivity index (χ3v) is 2.77. The minimum absolute atomic E-state index is 0.0555. The van der Waals surface area contributed by atoms with E-state index in [2.05, 4.69) is 0 Å². The SMILES string of the molecule is CCOC(=O)C(OCC)c1ccc(C(=O)O)c(C(N)=O)c1F. The molecule has 1 aromatic rings. The summed E-state index contributed by atoms with van der Waals surface area (Å²) in [6.45, 7) is 3.29. The largest absolute Gasteiger partial charge is 0.478 e. The van der Waals surface area contributed by atoms with Gasteiger partial charge in [-0.15, -0.1) is 0 Å². The molecule has 0 saturated carbocycles. The number of carboxylic acids is 1. The van der Waals surface area contributed by atoms with Gasteiger partial charge in [0.25, 0.3) is 5.91 Å². The van der Waals surface area contributed by atoms with Gasteiger partial charge in [0.05, 0.1) is 17.7 Å². The van der Waals surface area contributed by atoms with Gasteiger partial charge >= 0.3 is 11.9 Å². The third kappa shape index (κ3) is 3.59. The fourth-order valence-electron chi connectivity index (χ4n) is 1.88. The van der Waals surface area contributed by atoms with Crippen LogP contribution < -0.4 is 5.73 Å². The van der Waals surface area contributed by atoms with Gasteiger partial charge in [0.15, 0.2) is 6.10 Å². The summed E-state index contributed by atoms with van der Waals surface area (Å²) in [6.07, 6.45) is -1.41. The highest BCUT2D eigenvalue weighted by molar-refractivity contribution is 6.04. The molecule has 0 heterocycles. The molecule has 8 heteroatoms. The Morgan fingerprint density at radius 3 is 2.36 bits per heavy atom. The van der Waals surface area contributed by atoms with Gasteiger partial charge < -0.3 is 20.3 Å². The van der Waals surface area contributed by atoms with Crippen LogP contribution >= 0.6 is 0 Å². The summed E-state index contributed by atoms with van der Waals surface area (Å²) in [5, 5.41) is 8.97. The number of benzene rings is 1. The fraction of sp³-hybridized carbons (Fsp3) is 0.357. The highest BCUT2D eigenvalue weighted by Crippen LogP contribution is 2.26. The van der Waals surface area contributed by atoms with Gasteiger partial charge in [0, 0.05) is 12.2 Å². The van der Waals surface area contributed by atoms with Crippen molar-refractivity contribution in [1.29, 1.82) is 0 Å². The third-order valence-electron chi connectivity index (χ3n) is 2.77. The van der Waals surface area contributed by atoms with Crippen molar-refractivity contribution in [1.82, 2.24) is 0 Å². The number of primary amides is 1. The molecule has 1 aromatic carbocycles. The first-order chi connectivity index (χ1) is 10.3. The van der Waals surface area contributed by atoms with E-state index in [-0.39, 0.29) is 18.8 Å². The van der Waals surface area contributed by atoms with Crippen LogP contribution in [-0.2, 0) is 14.3 Å². The highest BCUT2D eigenvalue weighted by atomic mass is 19.1. The van der Waals surface area contributed by atoms with E-state index in [1.165, 1.54) is 0 Å². The van der Waals surface area contributed by atoms with Crippen molar-refractivity contribution in [2.45, 2.75) is 20.0 Å². The van der Waals surface area contributed by atoms with Gasteiger partial charge in [-0.3, -0.25) is 4.79 Å². The maximum atomic E-state index is 14.5. The Kier molecular flexibility index (Phi) is 6.00. The van der Waals surface area contributed by atoms with Crippen LogP contribution in [0.4, 0.5) is 4.39 Å². The van der Waals surface area contributed by atoms with Gasteiger partial charge in [-0.25, -0.2) is 14.0 Å². The molecule has 0 fully saturated rings.